The van der Waals surface area contributed by atoms with Crippen LogP contribution in [0.15, 0.2) is 9.98 Å². The maximum atomic E-state index is 9.48. The van der Waals surface area contributed by atoms with Crippen molar-refractivity contribution in [3.05, 3.63) is 0 Å². The zero-order valence-corrected chi connectivity index (χ0v) is 12.8. The number of nitrogens with zero attached hydrogens (tertiary/aromatic N) is 2. The molecule has 1 heterocycles. The Hall–Kier alpha value is 0.440. The largest absolute Gasteiger partial charge is 0.434 e. The second-order valence-corrected chi connectivity index (χ2v) is 7.74. The Bertz CT molecular complexity index is 375. The van der Waals surface area contributed by atoms with Crippen LogP contribution in [0.3, 0.4) is 0 Å². The molecule has 0 radical (unpaired) electrons. The molecule has 18 heavy (non-hydrogen) atoms. The molecule has 0 aromatic carbocycles. The van der Waals surface area contributed by atoms with Gasteiger partial charge in [-0.1, -0.05) is 69.6 Å². The standard InChI is InChI=1S/C6H6Cl6N4O2/c7-5(8,9)1(17)14-4-15-2(6(10,11)12)18-3(13)16-4/h1-2,17H,(H3,13,14,15,16)/t1-,2+/m0/s1. The van der Waals surface area contributed by atoms with Crippen LogP contribution < -0.4 is 11.1 Å². The molecule has 12 heteroatoms. The Kier molecular flexibility index (Phi) is 5.34. The van der Waals surface area contributed by atoms with Crippen LogP contribution in [-0.2, 0) is 4.74 Å². The summed E-state index contributed by atoms with van der Waals surface area (Å²) >= 11 is 33.1. The summed E-state index contributed by atoms with van der Waals surface area (Å²) in [6, 6.07) is -0.319. The van der Waals surface area contributed by atoms with Crippen LogP contribution >= 0.6 is 69.6 Å². The molecule has 0 aromatic rings. The molecule has 1 aliphatic heterocycles. The van der Waals surface area contributed by atoms with Gasteiger partial charge in [-0.25, -0.2) is 4.99 Å². The van der Waals surface area contributed by atoms with Crippen LogP contribution in [0.25, 0.3) is 0 Å². The van der Waals surface area contributed by atoms with Crippen molar-refractivity contribution >= 4 is 81.6 Å². The van der Waals surface area contributed by atoms with E-state index in [9.17, 15) is 5.11 Å². The molecule has 4 N–H and O–H groups in total. The number of amidine groups is 1. The molecular weight excluding hydrogens is 373 g/mol. The molecule has 0 saturated carbocycles. The van der Waals surface area contributed by atoms with E-state index in [1.165, 1.54) is 0 Å². The number of aliphatic hydroxyl groups is 1. The number of guanidine groups is 1. The number of halogens is 6. The number of rotatable bonds is 1. The van der Waals surface area contributed by atoms with Crippen LogP contribution in [-0.4, -0.2) is 37.1 Å². The Balaban J connectivity index is 2.84. The maximum absolute atomic E-state index is 9.48. The van der Waals surface area contributed by atoms with Gasteiger partial charge in [-0.15, -0.1) is 0 Å². The van der Waals surface area contributed by atoms with Crippen molar-refractivity contribution in [1.82, 2.24) is 5.32 Å². The number of aliphatic imine (C=N–C) groups is 2. The minimum atomic E-state index is -2.00. The summed E-state index contributed by atoms with van der Waals surface area (Å²) in [6.07, 6.45) is -2.84. The van der Waals surface area contributed by atoms with Crippen molar-refractivity contribution in [2.24, 2.45) is 15.7 Å². The average molecular weight is 379 g/mol. The zero-order valence-electron chi connectivity index (χ0n) is 8.25. The molecule has 0 unspecified atom stereocenters. The topological polar surface area (TPSA) is 92.2 Å². The van der Waals surface area contributed by atoms with Crippen molar-refractivity contribution in [2.45, 2.75) is 20.0 Å². The van der Waals surface area contributed by atoms with Crippen LogP contribution in [0.4, 0.5) is 0 Å². The van der Waals surface area contributed by atoms with Gasteiger partial charge < -0.3 is 20.9 Å². The zero-order chi connectivity index (χ0) is 14.1. The predicted molar refractivity (Wildman–Crippen MR) is 73.7 cm³/mol. The van der Waals surface area contributed by atoms with E-state index in [1.54, 1.807) is 0 Å². The highest BCUT2D eigenvalue weighted by Crippen LogP contribution is 2.34. The van der Waals surface area contributed by atoms with Crippen LogP contribution in [0, 0.1) is 0 Å². The molecule has 104 valence electrons. The normalized spacial score (nSPS) is 22.7. The van der Waals surface area contributed by atoms with E-state index in [0.717, 1.165) is 0 Å². The fourth-order valence-corrected chi connectivity index (χ4v) is 1.27. The summed E-state index contributed by atoms with van der Waals surface area (Å²) in [4.78, 5) is 7.34. The quantitative estimate of drug-likeness (QED) is 0.478. The first-order chi connectivity index (χ1) is 8.00. The highest BCUT2D eigenvalue weighted by molar-refractivity contribution is 6.68. The van der Waals surface area contributed by atoms with Gasteiger partial charge in [-0.2, -0.15) is 4.99 Å². The molecule has 2 atom stereocenters. The van der Waals surface area contributed by atoms with Crippen LogP contribution in [0.1, 0.15) is 0 Å². The summed E-state index contributed by atoms with van der Waals surface area (Å²) in [5.41, 5.74) is 5.35. The Labute approximate surface area is 132 Å². The van der Waals surface area contributed by atoms with Gasteiger partial charge in [-0.05, 0) is 0 Å². The van der Waals surface area contributed by atoms with Gasteiger partial charge in [0.15, 0.2) is 6.23 Å². The summed E-state index contributed by atoms with van der Waals surface area (Å²) < 4.78 is 0.996. The lowest BCUT2D eigenvalue weighted by molar-refractivity contribution is 0.158. The van der Waals surface area contributed by atoms with Gasteiger partial charge in [0, 0.05) is 0 Å². The molecule has 0 bridgehead atoms. The molecule has 0 fully saturated rings. The monoisotopic (exact) mass is 376 g/mol. The summed E-state index contributed by atoms with van der Waals surface area (Å²) in [5, 5.41) is 11.8. The molecule has 0 saturated heterocycles. The second-order valence-electron chi connectivity index (χ2n) is 3.00. The number of hydrogen-bond donors (Lipinski definition) is 3. The van der Waals surface area contributed by atoms with E-state index >= 15 is 0 Å². The van der Waals surface area contributed by atoms with E-state index in [4.69, 9.17) is 80.1 Å². The first-order valence-electron chi connectivity index (χ1n) is 4.17. The van der Waals surface area contributed by atoms with Crippen molar-refractivity contribution in [2.75, 3.05) is 0 Å². The van der Waals surface area contributed by atoms with Gasteiger partial charge in [0.25, 0.3) is 6.02 Å². The first-order valence-corrected chi connectivity index (χ1v) is 6.43. The van der Waals surface area contributed by atoms with E-state index in [2.05, 4.69) is 15.3 Å². The number of hydrogen-bond acceptors (Lipinski definition) is 6. The van der Waals surface area contributed by atoms with Crippen molar-refractivity contribution in [3.63, 3.8) is 0 Å². The fourth-order valence-electron chi connectivity index (χ4n) is 0.825. The highest BCUT2D eigenvalue weighted by Gasteiger charge is 2.38. The third-order valence-corrected chi connectivity index (χ3v) is 2.72. The molecule has 6 nitrogen and oxygen atoms in total. The van der Waals surface area contributed by atoms with E-state index < -0.39 is 20.0 Å². The Morgan fingerprint density at radius 2 is 1.83 bits per heavy atom. The summed E-state index contributed by atoms with van der Waals surface area (Å²) in [7, 11) is 0. The van der Waals surface area contributed by atoms with Gasteiger partial charge in [0.2, 0.25) is 19.8 Å². The van der Waals surface area contributed by atoms with E-state index in [-0.39, 0.29) is 12.0 Å². The third kappa shape index (κ3) is 4.85. The minimum absolute atomic E-state index is 0.200. The van der Waals surface area contributed by atoms with Gasteiger partial charge in [0.05, 0.1) is 0 Å². The van der Waals surface area contributed by atoms with Crippen molar-refractivity contribution in [3.8, 4) is 0 Å². The molecule has 1 aliphatic rings. The lowest BCUT2D eigenvalue weighted by Gasteiger charge is -2.26. The minimum Gasteiger partial charge on any atom is -0.434 e. The summed E-state index contributed by atoms with van der Waals surface area (Å²) in [5.74, 6) is -0.200. The van der Waals surface area contributed by atoms with E-state index in [1.807, 2.05) is 0 Å². The van der Waals surface area contributed by atoms with Crippen molar-refractivity contribution < 1.29 is 9.84 Å². The fraction of sp³-hybridized carbons (Fsp3) is 0.667. The van der Waals surface area contributed by atoms with Gasteiger partial charge >= 0.3 is 0 Å². The molecular formula is C6H6Cl6N4O2. The lowest BCUT2D eigenvalue weighted by atomic mass is 10.6. The molecule has 1 rings (SSSR count). The van der Waals surface area contributed by atoms with Crippen LogP contribution in [0.5, 0.6) is 0 Å². The molecule has 0 spiro atoms. The predicted octanol–water partition coefficient (Wildman–Crippen LogP) is 1.66. The highest BCUT2D eigenvalue weighted by atomic mass is 35.6. The molecule has 0 aliphatic carbocycles. The summed E-state index contributed by atoms with van der Waals surface area (Å²) in [6.45, 7) is 0. The maximum Gasteiger partial charge on any atom is 0.292 e. The Morgan fingerprint density at radius 3 is 2.28 bits per heavy atom. The van der Waals surface area contributed by atoms with E-state index in [0.29, 0.717) is 0 Å². The number of nitrogens with one attached hydrogen (secondary N) is 1. The van der Waals surface area contributed by atoms with Crippen LogP contribution in [0.2, 0.25) is 0 Å². The number of ether oxygens (including phenoxy) is 1. The smallest absolute Gasteiger partial charge is 0.292 e. The van der Waals surface area contributed by atoms with Gasteiger partial charge in [0.1, 0.15) is 0 Å². The number of nitrogens with two attached hydrogens (primary N) is 1. The van der Waals surface area contributed by atoms with Crippen molar-refractivity contribution in [1.29, 1.82) is 0 Å². The SMILES string of the molecule is NC1=NC(N[C@@H](O)C(Cl)(Cl)Cl)=N[C@@H](C(Cl)(Cl)Cl)O1. The second kappa shape index (κ2) is 5.83. The average Bonchev–Trinajstić information content (AvgIpc) is 2.13. The Morgan fingerprint density at radius 1 is 1.28 bits per heavy atom. The first kappa shape index (κ1) is 16.5. The lowest BCUT2D eigenvalue weighted by Crippen LogP contribution is -2.47. The molecule has 0 aromatic heterocycles. The number of alkyl halides is 6. The van der Waals surface area contributed by atoms with Gasteiger partial charge in [-0.3, -0.25) is 0 Å². The third-order valence-electron chi connectivity index (χ3n) is 1.54. The number of aliphatic hydroxyl groups excluding tert-OH is 1. The molecule has 0 amide bonds.